The highest BCUT2D eigenvalue weighted by atomic mass is 32.2. The van der Waals surface area contributed by atoms with Crippen molar-refractivity contribution in [1.82, 2.24) is 5.32 Å². The highest BCUT2D eigenvalue weighted by Crippen LogP contribution is 2.26. The molecule has 1 amide bonds. The monoisotopic (exact) mass is 470 g/mol. The number of hydrogen-bond acceptors (Lipinski definition) is 3. The second-order valence-electron chi connectivity index (χ2n) is 8.12. The molecule has 0 aliphatic rings. The molecule has 0 fully saturated rings. The number of aryl methyl sites for hydroxylation is 1. The lowest BCUT2D eigenvalue weighted by Crippen LogP contribution is -2.30. The van der Waals surface area contributed by atoms with E-state index in [-0.39, 0.29) is 16.8 Å². The molecule has 5 nitrogen and oxygen atoms in total. The van der Waals surface area contributed by atoms with Gasteiger partial charge in [-0.05, 0) is 54.8 Å². The van der Waals surface area contributed by atoms with E-state index < -0.39 is 10.0 Å². The molecule has 0 saturated heterocycles. The van der Waals surface area contributed by atoms with Crippen molar-refractivity contribution in [2.75, 3.05) is 4.72 Å². The van der Waals surface area contributed by atoms with Gasteiger partial charge in [-0.15, -0.1) is 0 Å². The van der Waals surface area contributed by atoms with Gasteiger partial charge in [0.2, 0.25) is 0 Å². The van der Waals surface area contributed by atoms with E-state index in [0.717, 1.165) is 16.7 Å². The molecule has 4 aromatic rings. The standard InChI is InChI=1S/C28H26N2O3S/c1-20-16-18-23(19-17-20)27(22-10-5-3-6-11-22)29-28(31)25-14-9-15-26(21(25)2)30-34(32,33)24-12-7-4-8-13-24/h3-19,27,30H,1-2H3,(H,29,31). The fraction of sp³-hybridized carbons (Fsp3) is 0.107. The van der Waals surface area contributed by atoms with Gasteiger partial charge in [0.25, 0.3) is 15.9 Å². The number of carbonyl (C=O) groups is 1. The summed E-state index contributed by atoms with van der Waals surface area (Å²) in [4.78, 5) is 13.5. The van der Waals surface area contributed by atoms with Crippen LogP contribution in [0.3, 0.4) is 0 Å². The molecule has 2 N–H and O–H groups in total. The Balaban J connectivity index is 1.64. The predicted octanol–water partition coefficient (Wildman–Crippen LogP) is 5.62. The molecular weight excluding hydrogens is 444 g/mol. The Morgan fingerprint density at radius 3 is 1.94 bits per heavy atom. The minimum Gasteiger partial charge on any atom is -0.341 e. The number of amides is 1. The molecule has 0 aliphatic heterocycles. The quantitative estimate of drug-likeness (QED) is 0.368. The largest absolute Gasteiger partial charge is 0.341 e. The van der Waals surface area contributed by atoms with E-state index in [1.165, 1.54) is 12.1 Å². The molecule has 4 rings (SSSR count). The first-order valence-corrected chi connectivity index (χ1v) is 12.4. The molecule has 0 aromatic heterocycles. The van der Waals surface area contributed by atoms with Crippen molar-refractivity contribution in [2.24, 2.45) is 0 Å². The number of benzene rings is 4. The lowest BCUT2D eigenvalue weighted by molar-refractivity contribution is 0.0942. The van der Waals surface area contributed by atoms with E-state index in [9.17, 15) is 13.2 Å². The van der Waals surface area contributed by atoms with Gasteiger partial charge < -0.3 is 5.32 Å². The number of sulfonamides is 1. The fourth-order valence-corrected chi connectivity index (χ4v) is 4.91. The van der Waals surface area contributed by atoms with Crippen LogP contribution in [0.1, 0.15) is 38.7 Å². The van der Waals surface area contributed by atoms with Crippen molar-refractivity contribution < 1.29 is 13.2 Å². The van der Waals surface area contributed by atoms with Crippen LogP contribution >= 0.6 is 0 Å². The van der Waals surface area contributed by atoms with Crippen molar-refractivity contribution >= 4 is 21.6 Å². The maximum Gasteiger partial charge on any atom is 0.261 e. The van der Waals surface area contributed by atoms with E-state index in [2.05, 4.69) is 10.0 Å². The molecule has 0 aliphatic carbocycles. The normalized spacial score (nSPS) is 12.1. The fourth-order valence-electron chi connectivity index (χ4n) is 3.77. The molecule has 1 unspecified atom stereocenters. The molecule has 6 heteroatoms. The van der Waals surface area contributed by atoms with Crippen LogP contribution in [0.2, 0.25) is 0 Å². The molecule has 172 valence electrons. The van der Waals surface area contributed by atoms with Gasteiger partial charge in [-0.1, -0.05) is 84.4 Å². The van der Waals surface area contributed by atoms with Crippen LogP contribution in [0.4, 0.5) is 5.69 Å². The number of hydrogen-bond donors (Lipinski definition) is 2. The molecule has 1 atom stereocenters. The summed E-state index contributed by atoms with van der Waals surface area (Å²) in [6.45, 7) is 3.76. The minimum absolute atomic E-state index is 0.160. The number of nitrogens with one attached hydrogen (secondary N) is 2. The molecule has 0 bridgehead atoms. The van der Waals surface area contributed by atoms with Gasteiger partial charge >= 0.3 is 0 Å². The van der Waals surface area contributed by atoms with Crippen LogP contribution in [0.15, 0.2) is 108 Å². The maximum atomic E-state index is 13.4. The van der Waals surface area contributed by atoms with E-state index in [1.807, 2.05) is 61.5 Å². The average molecular weight is 471 g/mol. The Morgan fingerprint density at radius 2 is 1.29 bits per heavy atom. The van der Waals surface area contributed by atoms with Crippen LogP contribution in [0.5, 0.6) is 0 Å². The number of rotatable bonds is 7. The van der Waals surface area contributed by atoms with Crippen LogP contribution in [0.25, 0.3) is 0 Å². The van der Waals surface area contributed by atoms with E-state index in [4.69, 9.17) is 0 Å². The van der Waals surface area contributed by atoms with Crippen LogP contribution < -0.4 is 10.0 Å². The summed E-state index contributed by atoms with van der Waals surface area (Å²) in [5, 5.41) is 3.13. The Bertz CT molecular complexity index is 1390. The zero-order valence-corrected chi connectivity index (χ0v) is 19.8. The van der Waals surface area contributed by atoms with Gasteiger partial charge in [0.05, 0.1) is 16.6 Å². The van der Waals surface area contributed by atoms with Crippen LogP contribution in [-0.4, -0.2) is 14.3 Å². The zero-order valence-electron chi connectivity index (χ0n) is 19.0. The van der Waals surface area contributed by atoms with Gasteiger partial charge in [0.15, 0.2) is 0 Å². The molecule has 0 saturated carbocycles. The summed E-state index contributed by atoms with van der Waals surface area (Å²) >= 11 is 0. The molecule has 0 spiro atoms. The second kappa shape index (κ2) is 9.93. The Kier molecular flexibility index (Phi) is 6.80. The lowest BCUT2D eigenvalue weighted by Gasteiger charge is -2.21. The highest BCUT2D eigenvalue weighted by molar-refractivity contribution is 7.92. The summed E-state index contributed by atoms with van der Waals surface area (Å²) in [5.41, 5.74) is 4.37. The summed E-state index contributed by atoms with van der Waals surface area (Å²) < 4.78 is 28.2. The maximum absolute atomic E-state index is 13.4. The second-order valence-corrected chi connectivity index (χ2v) is 9.81. The zero-order chi connectivity index (χ0) is 24.1. The van der Waals surface area contributed by atoms with Crippen molar-refractivity contribution in [3.05, 3.63) is 131 Å². The molecule has 4 aromatic carbocycles. The van der Waals surface area contributed by atoms with E-state index in [0.29, 0.717) is 16.8 Å². The molecule has 0 radical (unpaired) electrons. The average Bonchev–Trinajstić information content (AvgIpc) is 2.85. The third-order valence-corrected chi connectivity index (χ3v) is 7.08. The van der Waals surface area contributed by atoms with Crippen molar-refractivity contribution in [3.8, 4) is 0 Å². The van der Waals surface area contributed by atoms with Gasteiger partial charge in [-0.3, -0.25) is 9.52 Å². The van der Waals surface area contributed by atoms with Crippen LogP contribution in [0, 0.1) is 13.8 Å². The number of anilines is 1. The summed E-state index contributed by atoms with van der Waals surface area (Å²) in [6.07, 6.45) is 0. The van der Waals surface area contributed by atoms with Gasteiger partial charge in [-0.25, -0.2) is 8.42 Å². The summed E-state index contributed by atoms with van der Waals surface area (Å²) in [7, 11) is -3.77. The third-order valence-electron chi connectivity index (χ3n) is 5.70. The van der Waals surface area contributed by atoms with Gasteiger partial charge in [-0.2, -0.15) is 0 Å². The molecular formula is C28H26N2O3S. The summed E-state index contributed by atoms with van der Waals surface area (Å²) in [6, 6.07) is 30.6. The van der Waals surface area contributed by atoms with Gasteiger partial charge in [0, 0.05) is 5.56 Å². The Labute approximate surface area is 200 Å². The predicted molar refractivity (Wildman–Crippen MR) is 135 cm³/mol. The molecule has 34 heavy (non-hydrogen) atoms. The topological polar surface area (TPSA) is 75.3 Å². The SMILES string of the molecule is Cc1ccc(C(NC(=O)c2cccc(NS(=O)(=O)c3ccccc3)c2C)c2ccccc2)cc1. The smallest absolute Gasteiger partial charge is 0.261 e. The first kappa shape index (κ1) is 23.3. The van der Waals surface area contributed by atoms with Gasteiger partial charge in [0.1, 0.15) is 0 Å². The Morgan fingerprint density at radius 1 is 0.706 bits per heavy atom. The lowest BCUT2D eigenvalue weighted by atomic mass is 9.97. The molecule has 0 heterocycles. The first-order valence-electron chi connectivity index (χ1n) is 10.9. The summed E-state index contributed by atoms with van der Waals surface area (Å²) in [5.74, 6) is -0.285. The van der Waals surface area contributed by atoms with Crippen molar-refractivity contribution in [3.63, 3.8) is 0 Å². The number of carbonyl (C=O) groups excluding carboxylic acids is 1. The third kappa shape index (κ3) is 5.18. The Hall–Kier alpha value is -3.90. The van der Waals surface area contributed by atoms with Crippen molar-refractivity contribution in [2.45, 2.75) is 24.8 Å². The van der Waals surface area contributed by atoms with Crippen molar-refractivity contribution in [1.29, 1.82) is 0 Å². The van der Waals surface area contributed by atoms with Crippen LogP contribution in [-0.2, 0) is 10.0 Å². The minimum atomic E-state index is -3.77. The van der Waals surface area contributed by atoms with E-state index >= 15 is 0 Å². The first-order chi connectivity index (χ1) is 16.3. The highest BCUT2D eigenvalue weighted by Gasteiger charge is 2.21. The van der Waals surface area contributed by atoms with E-state index in [1.54, 1.807) is 43.3 Å².